The zero-order chi connectivity index (χ0) is 8.23. The van der Waals surface area contributed by atoms with Crippen molar-refractivity contribution in [2.24, 2.45) is 0 Å². The number of pyridine rings is 1. The van der Waals surface area contributed by atoms with Crippen LogP contribution in [0.1, 0.15) is 0 Å². The summed E-state index contributed by atoms with van der Waals surface area (Å²) in [5, 5.41) is 0. The van der Waals surface area contributed by atoms with Crippen molar-refractivity contribution in [1.29, 1.82) is 0 Å². The Hall–Kier alpha value is -0.942. The molecule has 0 bridgehead atoms. The molecular weight excluding hydrogens is 341 g/mol. The average molecular weight is 350 g/mol. The van der Waals surface area contributed by atoms with Crippen molar-refractivity contribution in [3.63, 3.8) is 0 Å². The minimum atomic E-state index is 0. The monoisotopic (exact) mass is 350 g/mol. The summed E-state index contributed by atoms with van der Waals surface area (Å²) in [7, 11) is 0. The van der Waals surface area contributed by atoms with Crippen LogP contribution in [-0.2, 0) is 21.1 Å². The van der Waals surface area contributed by atoms with E-state index in [0.29, 0.717) is 0 Å². The fourth-order valence-corrected chi connectivity index (χ4v) is 1.14. The first kappa shape index (κ1) is 10.1. The van der Waals surface area contributed by atoms with E-state index in [1.165, 1.54) is 0 Å². The van der Waals surface area contributed by atoms with Crippen LogP contribution in [0.2, 0.25) is 0 Å². The predicted octanol–water partition coefficient (Wildman–Crippen LogP) is 2.75. The molecule has 2 heteroatoms. The molecule has 1 nitrogen and oxygen atoms in total. The third-order valence-corrected chi connectivity index (χ3v) is 1.73. The van der Waals surface area contributed by atoms with Gasteiger partial charge in [-0.1, -0.05) is 36.4 Å². The Morgan fingerprint density at radius 3 is 2.08 bits per heavy atom. The summed E-state index contributed by atoms with van der Waals surface area (Å²) in [5.41, 5.74) is 2.19. The molecule has 0 saturated heterocycles. The average Bonchev–Trinajstić information content (AvgIpc) is 2.21. The van der Waals surface area contributed by atoms with Gasteiger partial charge in [0.15, 0.2) is 0 Å². The number of nitrogens with zero attached hydrogens (tertiary/aromatic N) is 1. The number of aromatic nitrogens is 1. The van der Waals surface area contributed by atoms with E-state index in [2.05, 4.69) is 17.1 Å². The molecule has 1 aromatic carbocycles. The van der Waals surface area contributed by atoms with Crippen LogP contribution in [-0.4, -0.2) is 4.98 Å². The van der Waals surface area contributed by atoms with Crippen LogP contribution in [0.4, 0.5) is 0 Å². The largest absolute Gasteiger partial charge is 0.256 e. The van der Waals surface area contributed by atoms with Crippen LogP contribution in [0.15, 0.2) is 54.7 Å². The number of hydrogen-bond acceptors (Lipinski definition) is 1. The van der Waals surface area contributed by atoms with E-state index in [9.17, 15) is 0 Å². The Morgan fingerprint density at radius 1 is 0.769 bits per heavy atom. The number of rotatable bonds is 1. The second-order valence-electron chi connectivity index (χ2n) is 2.58. The summed E-state index contributed by atoms with van der Waals surface area (Å²) in [5.74, 6) is 0. The first-order valence-electron chi connectivity index (χ1n) is 3.93. The molecule has 0 aliphatic carbocycles. The van der Waals surface area contributed by atoms with Crippen LogP contribution in [0.3, 0.4) is 0 Å². The molecule has 0 N–H and O–H groups in total. The van der Waals surface area contributed by atoms with E-state index in [1.54, 1.807) is 0 Å². The molecule has 2 rings (SSSR count). The van der Waals surface area contributed by atoms with Crippen molar-refractivity contribution in [2.75, 3.05) is 0 Å². The molecule has 0 aliphatic heterocycles. The maximum atomic E-state index is 4.25. The van der Waals surface area contributed by atoms with Crippen molar-refractivity contribution >= 4 is 0 Å². The van der Waals surface area contributed by atoms with E-state index in [-0.39, 0.29) is 21.1 Å². The standard InChI is InChI=1S/C11H9N.Pt/c1-2-6-10(7-3-1)11-8-4-5-9-12-11;/h1-9H;. The molecule has 0 atom stereocenters. The van der Waals surface area contributed by atoms with Crippen LogP contribution >= 0.6 is 0 Å². The molecule has 0 aliphatic rings. The van der Waals surface area contributed by atoms with Gasteiger partial charge in [0, 0.05) is 32.8 Å². The van der Waals surface area contributed by atoms with Crippen LogP contribution in [0.25, 0.3) is 11.3 Å². The first-order chi connectivity index (χ1) is 5.97. The summed E-state index contributed by atoms with van der Waals surface area (Å²) in [6, 6.07) is 16.1. The van der Waals surface area contributed by atoms with Crippen molar-refractivity contribution in [1.82, 2.24) is 4.98 Å². The zero-order valence-electron chi connectivity index (χ0n) is 6.96. The molecule has 0 radical (unpaired) electrons. The van der Waals surface area contributed by atoms with E-state index < -0.39 is 0 Å². The third-order valence-electron chi connectivity index (χ3n) is 1.73. The topological polar surface area (TPSA) is 12.9 Å². The van der Waals surface area contributed by atoms with Gasteiger partial charge in [-0.15, -0.1) is 0 Å². The third kappa shape index (κ3) is 2.50. The Labute approximate surface area is 92.1 Å². The maximum Gasteiger partial charge on any atom is 0.0701 e. The molecule has 0 fully saturated rings. The van der Waals surface area contributed by atoms with Gasteiger partial charge in [-0.2, -0.15) is 0 Å². The molecule has 1 aromatic heterocycles. The van der Waals surface area contributed by atoms with Crippen LogP contribution in [0, 0.1) is 0 Å². The normalized spacial score (nSPS) is 8.92. The molecule has 1 heterocycles. The van der Waals surface area contributed by atoms with Gasteiger partial charge in [-0.3, -0.25) is 4.98 Å². The molecule has 0 spiro atoms. The SMILES string of the molecule is [Pt].c1ccc(-c2ccccn2)cc1. The quantitative estimate of drug-likeness (QED) is 0.771. The molecular formula is C11H9NPt. The fraction of sp³-hybridized carbons (Fsp3) is 0. The summed E-state index contributed by atoms with van der Waals surface area (Å²) in [6.45, 7) is 0. The van der Waals surface area contributed by atoms with Crippen LogP contribution < -0.4 is 0 Å². The Bertz CT molecular complexity index is 307. The van der Waals surface area contributed by atoms with Crippen molar-refractivity contribution in [2.45, 2.75) is 0 Å². The molecule has 0 saturated carbocycles. The zero-order valence-corrected chi connectivity index (χ0v) is 9.23. The maximum absolute atomic E-state index is 4.25. The van der Waals surface area contributed by atoms with Gasteiger partial charge in [0.25, 0.3) is 0 Å². The summed E-state index contributed by atoms with van der Waals surface area (Å²) in [6.07, 6.45) is 1.81. The van der Waals surface area contributed by atoms with Gasteiger partial charge in [-0.05, 0) is 12.1 Å². The molecule has 13 heavy (non-hydrogen) atoms. The fourth-order valence-electron chi connectivity index (χ4n) is 1.14. The van der Waals surface area contributed by atoms with Gasteiger partial charge in [0.2, 0.25) is 0 Å². The number of benzene rings is 1. The van der Waals surface area contributed by atoms with Crippen LogP contribution in [0.5, 0.6) is 0 Å². The minimum absolute atomic E-state index is 0. The van der Waals surface area contributed by atoms with E-state index in [1.807, 2.05) is 42.6 Å². The van der Waals surface area contributed by atoms with Crippen molar-refractivity contribution < 1.29 is 21.1 Å². The minimum Gasteiger partial charge on any atom is -0.256 e. The smallest absolute Gasteiger partial charge is 0.0701 e. The molecule has 0 unspecified atom stereocenters. The first-order valence-corrected chi connectivity index (χ1v) is 3.93. The second kappa shape index (κ2) is 4.93. The van der Waals surface area contributed by atoms with Gasteiger partial charge < -0.3 is 0 Å². The van der Waals surface area contributed by atoms with E-state index >= 15 is 0 Å². The molecule has 0 amide bonds. The Morgan fingerprint density at radius 2 is 1.46 bits per heavy atom. The van der Waals surface area contributed by atoms with E-state index in [0.717, 1.165) is 11.3 Å². The van der Waals surface area contributed by atoms with Gasteiger partial charge >= 0.3 is 0 Å². The van der Waals surface area contributed by atoms with Gasteiger partial charge in [0.1, 0.15) is 0 Å². The Balaban J connectivity index is 0.000000845. The van der Waals surface area contributed by atoms with Crippen molar-refractivity contribution in [3.8, 4) is 11.3 Å². The molecule has 68 valence electrons. The summed E-state index contributed by atoms with van der Waals surface area (Å²) in [4.78, 5) is 4.25. The van der Waals surface area contributed by atoms with Gasteiger partial charge in [0.05, 0.1) is 5.69 Å². The number of hydrogen-bond donors (Lipinski definition) is 0. The van der Waals surface area contributed by atoms with Crippen molar-refractivity contribution in [3.05, 3.63) is 54.7 Å². The summed E-state index contributed by atoms with van der Waals surface area (Å²) >= 11 is 0. The molecule has 2 aromatic rings. The van der Waals surface area contributed by atoms with E-state index in [4.69, 9.17) is 0 Å². The second-order valence-corrected chi connectivity index (χ2v) is 2.58. The predicted molar refractivity (Wildman–Crippen MR) is 49.7 cm³/mol. The summed E-state index contributed by atoms with van der Waals surface area (Å²) < 4.78 is 0. The Kier molecular flexibility index (Phi) is 3.85. The van der Waals surface area contributed by atoms with Gasteiger partial charge in [-0.25, -0.2) is 0 Å².